The highest BCUT2D eigenvalue weighted by molar-refractivity contribution is 6.31. The van der Waals surface area contributed by atoms with Crippen molar-refractivity contribution in [3.05, 3.63) is 40.7 Å². The molecule has 1 heterocycles. The van der Waals surface area contributed by atoms with Crippen molar-refractivity contribution in [2.24, 2.45) is 0 Å². The van der Waals surface area contributed by atoms with Gasteiger partial charge in [-0.1, -0.05) is 0 Å². The highest BCUT2D eigenvalue weighted by atomic mass is 16.5. The van der Waals surface area contributed by atoms with Gasteiger partial charge in [-0.3, -0.25) is 9.59 Å². The zero-order valence-electron chi connectivity index (χ0n) is 13.0. The highest BCUT2D eigenvalue weighted by Crippen LogP contribution is 2.48. The first kappa shape index (κ1) is 15.1. The molecule has 0 atom stereocenters. The van der Waals surface area contributed by atoms with E-state index in [1.165, 1.54) is 13.2 Å². The minimum atomic E-state index is -1.06. The topological polar surface area (TPSA) is 99.6 Å². The molecule has 23 heavy (non-hydrogen) atoms. The summed E-state index contributed by atoms with van der Waals surface area (Å²) in [5.74, 6) is -2.85. The Hall–Kier alpha value is -2.76. The van der Waals surface area contributed by atoms with Gasteiger partial charge in [0.15, 0.2) is 11.6 Å². The molecule has 0 bridgehead atoms. The van der Waals surface area contributed by atoms with E-state index in [0.717, 1.165) is 17.5 Å². The molecule has 0 amide bonds. The molecule has 1 fully saturated rings. The first-order valence-corrected chi connectivity index (χ1v) is 7.18. The molecule has 0 aliphatic heterocycles. The second-order valence-electron chi connectivity index (χ2n) is 5.78. The molecule has 6 nitrogen and oxygen atoms in total. The second-order valence-corrected chi connectivity index (χ2v) is 5.78. The number of aromatic hydroxyl groups is 2. The number of Topliss-reactive ketones (excluding diaryl/α,β-unsaturated/α-hetero) is 2. The summed E-state index contributed by atoms with van der Waals surface area (Å²) >= 11 is 0. The Balaban J connectivity index is 2.01. The Morgan fingerprint density at radius 3 is 2.22 bits per heavy atom. The van der Waals surface area contributed by atoms with E-state index >= 15 is 0 Å². The molecular formula is C17H17NO5. The van der Waals surface area contributed by atoms with Crippen molar-refractivity contribution in [1.82, 2.24) is 4.98 Å². The lowest BCUT2D eigenvalue weighted by molar-refractivity contribution is -0.142. The minimum Gasteiger partial charge on any atom is -0.508 e. The van der Waals surface area contributed by atoms with E-state index in [4.69, 9.17) is 4.74 Å². The van der Waals surface area contributed by atoms with E-state index in [1.54, 1.807) is 6.07 Å². The van der Waals surface area contributed by atoms with Crippen molar-refractivity contribution in [3.63, 3.8) is 0 Å². The van der Waals surface area contributed by atoms with Crippen molar-refractivity contribution < 1.29 is 24.5 Å². The second kappa shape index (κ2) is 5.15. The van der Waals surface area contributed by atoms with E-state index < -0.39 is 11.8 Å². The molecule has 1 aliphatic rings. The maximum atomic E-state index is 12.6. The summed E-state index contributed by atoms with van der Waals surface area (Å²) in [5.41, 5.74) is 2.45. The van der Waals surface area contributed by atoms with Crippen molar-refractivity contribution in [2.75, 3.05) is 7.11 Å². The number of hydrogen-bond donors (Lipinski definition) is 3. The van der Waals surface area contributed by atoms with E-state index in [-0.39, 0.29) is 34.4 Å². The zero-order valence-corrected chi connectivity index (χ0v) is 13.0. The Kier molecular flexibility index (Phi) is 3.39. The Morgan fingerprint density at radius 2 is 1.70 bits per heavy atom. The van der Waals surface area contributed by atoms with Crippen molar-refractivity contribution in [3.8, 4) is 17.2 Å². The van der Waals surface area contributed by atoms with Gasteiger partial charge in [-0.05, 0) is 25.5 Å². The molecule has 3 N–H and O–H groups in total. The first-order chi connectivity index (χ1) is 10.8. The Morgan fingerprint density at radius 1 is 1.04 bits per heavy atom. The van der Waals surface area contributed by atoms with Gasteiger partial charge >= 0.3 is 0 Å². The van der Waals surface area contributed by atoms with Crippen LogP contribution in [0, 0.1) is 13.8 Å². The lowest BCUT2D eigenvalue weighted by atomic mass is 9.65. The molecule has 6 heteroatoms. The van der Waals surface area contributed by atoms with E-state index in [2.05, 4.69) is 4.98 Å². The summed E-state index contributed by atoms with van der Waals surface area (Å²) < 4.78 is 5.10. The van der Waals surface area contributed by atoms with Gasteiger partial charge in [-0.25, -0.2) is 0 Å². The fourth-order valence-corrected chi connectivity index (χ4v) is 3.21. The van der Waals surface area contributed by atoms with Crippen LogP contribution < -0.4 is 4.74 Å². The van der Waals surface area contributed by atoms with Crippen LogP contribution in [0.25, 0.3) is 0 Å². The molecule has 1 aromatic carbocycles. The largest absolute Gasteiger partial charge is 0.508 e. The number of phenolic OH excluding ortho intramolecular Hbond substituents is 2. The zero-order chi connectivity index (χ0) is 16.9. The fourth-order valence-electron chi connectivity index (χ4n) is 3.21. The number of ether oxygens (including phenoxy) is 1. The van der Waals surface area contributed by atoms with Crippen LogP contribution in [0.3, 0.4) is 0 Å². The quantitative estimate of drug-likeness (QED) is 0.753. The Bertz CT molecular complexity index is 805. The normalized spacial score (nSPS) is 20.5. The molecule has 0 unspecified atom stereocenters. The number of phenols is 2. The molecule has 0 spiro atoms. The minimum absolute atomic E-state index is 0.112. The van der Waals surface area contributed by atoms with Gasteiger partial charge < -0.3 is 19.9 Å². The third kappa shape index (κ3) is 2.18. The lowest BCUT2D eigenvalue weighted by Crippen LogP contribution is -2.44. The van der Waals surface area contributed by atoms with Gasteiger partial charge in [0.05, 0.1) is 12.7 Å². The monoisotopic (exact) mass is 315 g/mol. The molecule has 2 aromatic rings. The number of methoxy groups -OCH3 is 1. The van der Waals surface area contributed by atoms with Gasteiger partial charge in [-0.2, -0.15) is 0 Å². The maximum absolute atomic E-state index is 12.6. The van der Waals surface area contributed by atoms with Crippen LogP contribution in [0.5, 0.6) is 17.2 Å². The molecule has 3 rings (SSSR count). The maximum Gasteiger partial charge on any atom is 0.163 e. The summed E-state index contributed by atoms with van der Waals surface area (Å²) in [5, 5.41) is 19.5. The number of aromatic nitrogens is 1. The number of hydrogen-bond acceptors (Lipinski definition) is 5. The number of aryl methyl sites for hydroxylation is 2. The van der Waals surface area contributed by atoms with Crippen LogP contribution in [0.2, 0.25) is 0 Å². The number of H-pyrrole nitrogens is 1. The molecule has 1 aliphatic carbocycles. The van der Waals surface area contributed by atoms with Crippen LogP contribution in [0.1, 0.15) is 34.4 Å². The van der Waals surface area contributed by atoms with Crippen LogP contribution in [0.15, 0.2) is 18.2 Å². The number of rotatable bonds is 3. The average molecular weight is 315 g/mol. The average Bonchev–Trinajstić information content (AvgIpc) is 2.80. The van der Waals surface area contributed by atoms with Gasteiger partial charge in [0.2, 0.25) is 0 Å². The van der Waals surface area contributed by atoms with E-state index in [0.29, 0.717) is 5.56 Å². The van der Waals surface area contributed by atoms with E-state index in [9.17, 15) is 19.8 Å². The van der Waals surface area contributed by atoms with E-state index in [1.807, 2.05) is 13.8 Å². The standard InChI is InChI=1S/C17H17NO5/c1-7-4-10(8(2)18-7)13-16(21)15(17(13)22)14-11(20)5-9(19)6-12(14)23-3/h4-6,13,15,18-20H,1-3H3. The van der Waals surface area contributed by atoms with Crippen LogP contribution >= 0.6 is 0 Å². The smallest absolute Gasteiger partial charge is 0.163 e. The molecule has 1 aromatic heterocycles. The van der Waals surface area contributed by atoms with Crippen LogP contribution in [-0.4, -0.2) is 33.9 Å². The summed E-state index contributed by atoms with van der Waals surface area (Å²) in [6.07, 6.45) is 0. The summed E-state index contributed by atoms with van der Waals surface area (Å²) in [6.45, 7) is 3.67. The van der Waals surface area contributed by atoms with Gasteiger partial charge in [0.1, 0.15) is 29.1 Å². The molecular weight excluding hydrogens is 298 g/mol. The lowest BCUT2D eigenvalue weighted by Gasteiger charge is -2.33. The fraction of sp³-hybridized carbons (Fsp3) is 0.294. The first-order valence-electron chi connectivity index (χ1n) is 7.18. The predicted octanol–water partition coefficient (Wildman–Crippen LogP) is 2.07. The van der Waals surface area contributed by atoms with Crippen molar-refractivity contribution in [2.45, 2.75) is 25.7 Å². The Labute approximate surface area is 132 Å². The summed E-state index contributed by atoms with van der Waals surface area (Å²) in [7, 11) is 1.35. The van der Waals surface area contributed by atoms with Gasteiger partial charge in [0.25, 0.3) is 0 Å². The SMILES string of the molecule is COc1cc(O)cc(O)c1C1C(=O)C(c2cc(C)[nH]c2C)C1=O. The van der Waals surface area contributed by atoms with Crippen LogP contribution in [0.4, 0.5) is 0 Å². The number of benzene rings is 1. The summed E-state index contributed by atoms with van der Waals surface area (Å²) in [4.78, 5) is 28.2. The van der Waals surface area contributed by atoms with Gasteiger partial charge in [0, 0.05) is 23.5 Å². The number of ketones is 2. The molecule has 1 saturated carbocycles. The number of aromatic amines is 1. The van der Waals surface area contributed by atoms with Crippen LogP contribution in [-0.2, 0) is 9.59 Å². The van der Waals surface area contributed by atoms with Gasteiger partial charge in [-0.15, -0.1) is 0 Å². The number of carbonyl (C=O) groups excluding carboxylic acids is 2. The third-order valence-electron chi connectivity index (χ3n) is 4.25. The van der Waals surface area contributed by atoms with Crippen molar-refractivity contribution >= 4 is 11.6 Å². The summed E-state index contributed by atoms with van der Waals surface area (Å²) in [6, 6.07) is 4.16. The number of nitrogens with one attached hydrogen (secondary N) is 1. The van der Waals surface area contributed by atoms with Crippen molar-refractivity contribution in [1.29, 1.82) is 0 Å². The predicted molar refractivity (Wildman–Crippen MR) is 82.1 cm³/mol. The number of carbonyl (C=O) groups is 2. The molecule has 0 saturated heterocycles. The molecule has 0 radical (unpaired) electrons. The third-order valence-corrected chi connectivity index (χ3v) is 4.25. The molecule has 120 valence electrons. The highest BCUT2D eigenvalue weighted by Gasteiger charge is 2.53.